The fraction of sp³-hybridized carbons (Fsp3) is 0.278. The second kappa shape index (κ2) is 8.54. The van der Waals surface area contributed by atoms with Crippen LogP contribution in [0.4, 0.5) is 5.00 Å². The molecule has 144 valence electrons. The van der Waals surface area contributed by atoms with Crippen LogP contribution in [0.15, 0.2) is 18.2 Å². The highest BCUT2D eigenvalue weighted by atomic mass is 32.1. The van der Waals surface area contributed by atoms with Crippen LogP contribution < -0.4 is 20.5 Å². The molecule has 1 aromatic heterocycles. The molecule has 0 aliphatic rings. The molecule has 0 saturated heterocycles. The number of benzene rings is 1. The van der Waals surface area contributed by atoms with Crippen molar-refractivity contribution in [2.24, 2.45) is 5.73 Å². The van der Waals surface area contributed by atoms with Gasteiger partial charge in [0.15, 0.2) is 11.5 Å². The molecule has 2 aromatic rings. The summed E-state index contributed by atoms with van der Waals surface area (Å²) in [7, 11) is 2.87. The molecule has 0 aliphatic heterocycles. The van der Waals surface area contributed by atoms with Crippen molar-refractivity contribution in [1.29, 1.82) is 0 Å². The molecule has 0 fully saturated rings. The number of amides is 2. The van der Waals surface area contributed by atoms with Gasteiger partial charge in [0.25, 0.3) is 11.8 Å². The van der Waals surface area contributed by atoms with E-state index in [0.717, 1.165) is 11.3 Å². The van der Waals surface area contributed by atoms with Gasteiger partial charge in [0, 0.05) is 0 Å². The van der Waals surface area contributed by atoms with Gasteiger partial charge in [0.2, 0.25) is 0 Å². The van der Waals surface area contributed by atoms with E-state index in [1.54, 1.807) is 32.0 Å². The summed E-state index contributed by atoms with van der Waals surface area (Å²) in [5.74, 6) is -1.24. The van der Waals surface area contributed by atoms with Crippen molar-refractivity contribution in [2.45, 2.75) is 13.8 Å². The van der Waals surface area contributed by atoms with E-state index >= 15 is 0 Å². The number of hydrogen-bond donors (Lipinski definition) is 2. The second-order valence-corrected chi connectivity index (χ2v) is 6.36. The van der Waals surface area contributed by atoms with E-state index in [9.17, 15) is 14.4 Å². The molecular formula is C18H20N2O6S. The Labute approximate surface area is 160 Å². The minimum Gasteiger partial charge on any atom is -0.493 e. The predicted molar refractivity (Wildman–Crippen MR) is 101 cm³/mol. The van der Waals surface area contributed by atoms with E-state index in [0.29, 0.717) is 11.3 Å². The average molecular weight is 392 g/mol. The van der Waals surface area contributed by atoms with Crippen LogP contribution >= 0.6 is 11.3 Å². The summed E-state index contributed by atoms with van der Waals surface area (Å²) in [6.07, 6.45) is 0. The largest absolute Gasteiger partial charge is 0.493 e. The van der Waals surface area contributed by atoms with Crippen molar-refractivity contribution < 1.29 is 28.6 Å². The van der Waals surface area contributed by atoms with Gasteiger partial charge in [0.05, 0.1) is 32.0 Å². The van der Waals surface area contributed by atoms with Gasteiger partial charge in [0.1, 0.15) is 9.88 Å². The van der Waals surface area contributed by atoms with Gasteiger partial charge in [-0.2, -0.15) is 0 Å². The molecule has 27 heavy (non-hydrogen) atoms. The van der Waals surface area contributed by atoms with Gasteiger partial charge in [-0.1, -0.05) is 6.07 Å². The maximum Gasteiger partial charge on any atom is 0.348 e. The Balaban J connectivity index is 2.45. The molecule has 0 saturated carbocycles. The topological polar surface area (TPSA) is 117 Å². The van der Waals surface area contributed by atoms with Gasteiger partial charge in [-0.25, -0.2) is 4.79 Å². The smallest absolute Gasteiger partial charge is 0.348 e. The normalized spacial score (nSPS) is 10.2. The van der Waals surface area contributed by atoms with Crippen molar-refractivity contribution in [1.82, 2.24) is 0 Å². The Hall–Kier alpha value is -3.07. The molecule has 2 rings (SSSR count). The van der Waals surface area contributed by atoms with Crippen LogP contribution in [-0.4, -0.2) is 38.6 Å². The van der Waals surface area contributed by atoms with E-state index < -0.39 is 17.8 Å². The number of carbonyl (C=O) groups is 3. The van der Waals surface area contributed by atoms with Crippen molar-refractivity contribution >= 4 is 34.1 Å². The highest BCUT2D eigenvalue weighted by Crippen LogP contribution is 2.35. The maximum absolute atomic E-state index is 12.7. The van der Waals surface area contributed by atoms with Crippen molar-refractivity contribution in [2.75, 3.05) is 26.1 Å². The van der Waals surface area contributed by atoms with E-state index in [2.05, 4.69) is 5.32 Å². The Bertz CT molecular complexity index is 890. The summed E-state index contributed by atoms with van der Waals surface area (Å²) in [5.41, 5.74) is 6.07. The minimum atomic E-state index is -0.757. The van der Waals surface area contributed by atoms with Crippen LogP contribution in [-0.2, 0) is 4.74 Å². The van der Waals surface area contributed by atoms with E-state index in [-0.39, 0.29) is 33.4 Å². The number of methoxy groups -OCH3 is 2. The fourth-order valence-corrected chi connectivity index (χ4v) is 3.63. The Kier molecular flexibility index (Phi) is 6.40. The third-order valence-electron chi connectivity index (χ3n) is 3.73. The van der Waals surface area contributed by atoms with Crippen LogP contribution in [0.25, 0.3) is 0 Å². The molecule has 2 amide bonds. The molecule has 0 radical (unpaired) electrons. The number of carbonyl (C=O) groups excluding carboxylic acids is 3. The van der Waals surface area contributed by atoms with E-state index in [4.69, 9.17) is 19.9 Å². The van der Waals surface area contributed by atoms with Crippen LogP contribution in [0.2, 0.25) is 0 Å². The lowest BCUT2D eigenvalue weighted by Gasteiger charge is -2.12. The molecule has 0 atom stereocenters. The number of primary amides is 1. The average Bonchev–Trinajstić information content (AvgIpc) is 2.97. The monoisotopic (exact) mass is 392 g/mol. The molecular weight excluding hydrogens is 372 g/mol. The number of thiophene rings is 1. The van der Waals surface area contributed by atoms with Gasteiger partial charge in [-0.15, -0.1) is 11.3 Å². The predicted octanol–water partition coefficient (Wildman–Crippen LogP) is 2.60. The number of nitrogens with two attached hydrogens (primary N) is 1. The van der Waals surface area contributed by atoms with E-state index in [1.165, 1.54) is 14.2 Å². The second-order valence-electron chi connectivity index (χ2n) is 5.34. The first-order valence-electron chi connectivity index (χ1n) is 7.98. The Morgan fingerprint density at radius 1 is 1.19 bits per heavy atom. The van der Waals surface area contributed by atoms with Crippen molar-refractivity contribution in [3.8, 4) is 11.5 Å². The van der Waals surface area contributed by atoms with E-state index in [1.807, 2.05) is 0 Å². The van der Waals surface area contributed by atoms with Crippen LogP contribution in [0.5, 0.6) is 11.5 Å². The lowest BCUT2D eigenvalue weighted by atomic mass is 10.1. The summed E-state index contributed by atoms with van der Waals surface area (Å²) in [4.78, 5) is 36.9. The van der Waals surface area contributed by atoms with Crippen LogP contribution in [0.3, 0.4) is 0 Å². The zero-order valence-electron chi connectivity index (χ0n) is 15.4. The quantitative estimate of drug-likeness (QED) is 0.700. The zero-order valence-corrected chi connectivity index (χ0v) is 16.2. The molecule has 8 nitrogen and oxygen atoms in total. The molecule has 0 aliphatic carbocycles. The fourth-order valence-electron chi connectivity index (χ4n) is 2.53. The number of para-hydroxylation sites is 1. The molecule has 0 unspecified atom stereocenters. The number of hydrogen-bond acceptors (Lipinski definition) is 7. The van der Waals surface area contributed by atoms with Crippen molar-refractivity contribution in [3.05, 3.63) is 39.8 Å². The summed E-state index contributed by atoms with van der Waals surface area (Å²) in [5, 5.41) is 2.79. The highest BCUT2D eigenvalue weighted by Gasteiger charge is 2.26. The standard InChI is InChI=1S/C18H20N2O6S/c1-5-26-18(23)14-9(2)12(15(19)21)17(27-14)20-16(22)10-7-6-8-11(24-3)13(10)25-4/h6-8H,5H2,1-4H3,(H2,19,21)(H,20,22). The number of anilines is 1. The third-order valence-corrected chi connectivity index (χ3v) is 4.92. The summed E-state index contributed by atoms with van der Waals surface area (Å²) in [6, 6.07) is 4.83. The highest BCUT2D eigenvalue weighted by molar-refractivity contribution is 7.18. The van der Waals surface area contributed by atoms with Crippen LogP contribution in [0, 0.1) is 6.92 Å². The van der Waals surface area contributed by atoms with Crippen LogP contribution in [0.1, 0.15) is 42.9 Å². The molecule has 0 spiro atoms. The SMILES string of the molecule is CCOC(=O)c1sc(NC(=O)c2cccc(OC)c2OC)c(C(N)=O)c1C. The number of rotatable bonds is 7. The third kappa shape index (κ3) is 4.03. The maximum atomic E-state index is 12.7. The van der Waals surface area contributed by atoms with Gasteiger partial charge < -0.3 is 25.3 Å². The Morgan fingerprint density at radius 2 is 1.89 bits per heavy atom. The zero-order chi connectivity index (χ0) is 20.1. The molecule has 1 heterocycles. The van der Waals surface area contributed by atoms with Gasteiger partial charge in [-0.3, -0.25) is 9.59 Å². The first-order chi connectivity index (χ1) is 12.8. The van der Waals surface area contributed by atoms with Crippen molar-refractivity contribution in [3.63, 3.8) is 0 Å². The summed E-state index contributed by atoms with van der Waals surface area (Å²) >= 11 is 0.930. The number of nitrogens with one attached hydrogen (secondary N) is 1. The minimum absolute atomic E-state index is 0.0678. The summed E-state index contributed by atoms with van der Waals surface area (Å²) < 4.78 is 15.4. The first-order valence-corrected chi connectivity index (χ1v) is 8.79. The van der Waals surface area contributed by atoms with Gasteiger partial charge in [-0.05, 0) is 31.5 Å². The van der Waals surface area contributed by atoms with Gasteiger partial charge >= 0.3 is 5.97 Å². The summed E-state index contributed by atoms with van der Waals surface area (Å²) in [6.45, 7) is 3.43. The lowest BCUT2D eigenvalue weighted by molar-refractivity contribution is 0.0531. The first kappa shape index (κ1) is 20.2. The molecule has 9 heteroatoms. The molecule has 1 aromatic carbocycles. The number of ether oxygens (including phenoxy) is 3. The Morgan fingerprint density at radius 3 is 2.44 bits per heavy atom. The number of esters is 1. The molecule has 3 N–H and O–H groups in total. The molecule has 0 bridgehead atoms. The lowest BCUT2D eigenvalue weighted by Crippen LogP contribution is -2.18.